The number of H-pyrrole nitrogens is 4. The fourth-order valence-corrected chi connectivity index (χ4v) is 7.69. The predicted octanol–water partition coefficient (Wildman–Crippen LogP) is 8.35. The molecule has 4 heterocycles. The van der Waals surface area contributed by atoms with Gasteiger partial charge < -0.3 is 38.9 Å². The zero-order valence-corrected chi connectivity index (χ0v) is 33.0. The van der Waals surface area contributed by atoms with Crippen LogP contribution in [0, 0.1) is 0 Å². The van der Waals surface area contributed by atoms with Gasteiger partial charge in [-0.3, -0.25) is 19.2 Å². The molecule has 0 aliphatic carbocycles. The lowest BCUT2D eigenvalue weighted by molar-refractivity contribution is -0.182. The van der Waals surface area contributed by atoms with Gasteiger partial charge >= 0.3 is 23.9 Å². The van der Waals surface area contributed by atoms with E-state index in [2.05, 4.69) is 19.9 Å². The van der Waals surface area contributed by atoms with Crippen LogP contribution >= 0.6 is 0 Å². The lowest BCUT2D eigenvalue weighted by Gasteiger charge is -2.26. The van der Waals surface area contributed by atoms with E-state index in [1.54, 1.807) is 0 Å². The highest BCUT2D eigenvalue weighted by atomic mass is 16.6. The number of benzene rings is 4. The van der Waals surface area contributed by atoms with E-state index in [9.17, 15) is 19.2 Å². The van der Waals surface area contributed by atoms with E-state index in [-0.39, 0.29) is 25.7 Å². The Bertz CT molecular complexity index is 2570. The van der Waals surface area contributed by atoms with Crippen LogP contribution in [-0.2, 0) is 63.8 Å². The van der Waals surface area contributed by atoms with Crippen LogP contribution in [-0.4, -0.2) is 69.2 Å². The first-order valence-electron chi connectivity index (χ1n) is 20.3. The minimum atomic E-state index is -1.27. The Morgan fingerprint density at radius 1 is 0.383 bits per heavy atom. The van der Waals surface area contributed by atoms with Gasteiger partial charge in [0.2, 0.25) is 0 Å². The third kappa shape index (κ3) is 9.61. The van der Waals surface area contributed by atoms with Crippen LogP contribution < -0.4 is 0 Å². The molecule has 60 heavy (non-hydrogen) atoms. The van der Waals surface area contributed by atoms with Gasteiger partial charge in [0.1, 0.15) is 13.2 Å². The zero-order chi connectivity index (χ0) is 41.3. The molecule has 4 aromatic heterocycles. The minimum Gasteiger partial charge on any atom is -0.462 e. The molecule has 2 atom stereocenters. The van der Waals surface area contributed by atoms with E-state index in [1.165, 1.54) is 0 Å². The average molecular weight is 807 g/mol. The zero-order valence-electron chi connectivity index (χ0n) is 33.0. The average Bonchev–Trinajstić information content (AvgIpc) is 4.09. The van der Waals surface area contributed by atoms with Gasteiger partial charge in [-0.1, -0.05) is 72.8 Å². The smallest absolute Gasteiger partial charge is 0.306 e. The maximum atomic E-state index is 13.6. The molecule has 8 rings (SSSR count). The van der Waals surface area contributed by atoms with E-state index in [4.69, 9.17) is 18.9 Å². The van der Waals surface area contributed by atoms with Gasteiger partial charge in [0.25, 0.3) is 0 Å². The lowest BCUT2D eigenvalue weighted by Crippen LogP contribution is -2.42. The van der Waals surface area contributed by atoms with Crippen LogP contribution in [0.1, 0.15) is 47.9 Å². The molecule has 4 aromatic carbocycles. The highest BCUT2D eigenvalue weighted by Crippen LogP contribution is 2.24. The summed E-state index contributed by atoms with van der Waals surface area (Å²) in [6.07, 6.45) is 6.61. The summed E-state index contributed by atoms with van der Waals surface area (Å²) >= 11 is 0. The highest BCUT2D eigenvalue weighted by molar-refractivity contribution is 5.86. The standard InChI is InChI=1S/C48H46N4O8/c53-45(21-17-31-25-49-39-13-5-1-9-35(31)39)57-29-43(59-47(55)23-19-33-27-51-41-15-7-3-11-37(33)41)44(60-48(56)24-20-34-28-52-42-16-8-4-12-38(34)42)30-58-46(54)22-18-32-26-50-40-14-6-2-10-36(32)40/h1-16,25-28,43-44,49-52H,17-24,29-30H2/t43-,44+. The topological polar surface area (TPSA) is 168 Å². The summed E-state index contributed by atoms with van der Waals surface area (Å²) in [4.78, 5) is 66.5. The Morgan fingerprint density at radius 2 is 0.650 bits per heavy atom. The Labute approximate surface area is 345 Å². The van der Waals surface area contributed by atoms with Crippen molar-refractivity contribution in [3.63, 3.8) is 0 Å². The number of hydrogen-bond donors (Lipinski definition) is 4. The fourth-order valence-electron chi connectivity index (χ4n) is 7.69. The molecule has 8 aromatic rings. The number of aromatic nitrogens is 4. The van der Waals surface area contributed by atoms with Gasteiger partial charge in [-0.15, -0.1) is 0 Å². The Hall–Kier alpha value is -7.08. The van der Waals surface area contributed by atoms with Crippen LogP contribution in [0.15, 0.2) is 122 Å². The molecule has 0 saturated heterocycles. The van der Waals surface area contributed by atoms with E-state index in [1.807, 2.05) is 122 Å². The number of esters is 4. The number of carbonyl (C=O) groups is 4. The highest BCUT2D eigenvalue weighted by Gasteiger charge is 2.32. The molecule has 4 N–H and O–H groups in total. The first-order chi connectivity index (χ1) is 29.4. The van der Waals surface area contributed by atoms with Gasteiger partial charge in [-0.2, -0.15) is 0 Å². The van der Waals surface area contributed by atoms with Crippen LogP contribution in [0.5, 0.6) is 0 Å². The third-order valence-electron chi connectivity index (χ3n) is 10.9. The van der Waals surface area contributed by atoms with Crippen molar-refractivity contribution in [2.45, 2.75) is 63.6 Å². The molecule has 0 aliphatic rings. The van der Waals surface area contributed by atoms with Gasteiger partial charge in [-0.05, 0) is 72.2 Å². The molecule has 0 spiro atoms. The second-order valence-corrected chi connectivity index (χ2v) is 14.9. The number of rotatable bonds is 19. The summed E-state index contributed by atoms with van der Waals surface area (Å²) in [6.45, 7) is -0.836. The normalized spacial score (nSPS) is 12.5. The molecule has 0 saturated carbocycles. The van der Waals surface area contributed by atoms with Crippen molar-refractivity contribution in [3.05, 3.63) is 144 Å². The van der Waals surface area contributed by atoms with E-state index < -0.39 is 49.3 Å². The Balaban J connectivity index is 0.971. The molecule has 0 amide bonds. The molecule has 0 aliphatic heterocycles. The lowest BCUT2D eigenvalue weighted by atomic mass is 10.1. The summed E-state index contributed by atoms with van der Waals surface area (Å²) in [6, 6.07) is 31.2. The molecule has 306 valence electrons. The van der Waals surface area contributed by atoms with Gasteiger partial charge in [0, 0.05) is 94.1 Å². The van der Waals surface area contributed by atoms with Crippen LogP contribution in [0.2, 0.25) is 0 Å². The summed E-state index contributed by atoms with van der Waals surface area (Å²) in [5, 5.41) is 4.01. The summed E-state index contributed by atoms with van der Waals surface area (Å²) < 4.78 is 23.4. The quantitative estimate of drug-likeness (QED) is 0.0467. The number of carbonyl (C=O) groups excluding carboxylic acids is 4. The Kier molecular flexibility index (Phi) is 12.4. The number of hydrogen-bond acceptors (Lipinski definition) is 8. The number of aromatic amines is 4. The van der Waals surface area contributed by atoms with Crippen molar-refractivity contribution in [1.29, 1.82) is 0 Å². The van der Waals surface area contributed by atoms with E-state index >= 15 is 0 Å². The number of para-hydroxylation sites is 4. The molecule has 0 bridgehead atoms. The summed E-state index contributed by atoms with van der Waals surface area (Å²) in [7, 11) is 0. The maximum absolute atomic E-state index is 13.6. The van der Waals surface area contributed by atoms with Crippen molar-refractivity contribution in [2.75, 3.05) is 13.2 Å². The van der Waals surface area contributed by atoms with Crippen LogP contribution in [0.3, 0.4) is 0 Å². The molecule has 0 fully saturated rings. The maximum Gasteiger partial charge on any atom is 0.306 e. The molecule has 12 heteroatoms. The molecular formula is C48H46N4O8. The monoisotopic (exact) mass is 806 g/mol. The van der Waals surface area contributed by atoms with Crippen LogP contribution in [0.4, 0.5) is 0 Å². The Morgan fingerprint density at radius 3 is 0.950 bits per heavy atom. The second-order valence-electron chi connectivity index (χ2n) is 14.9. The van der Waals surface area contributed by atoms with E-state index in [0.29, 0.717) is 25.7 Å². The SMILES string of the molecule is O=C(CCc1c[nH]c2ccccc12)OC[C@H](OC(=O)CCc1c[nH]c2ccccc12)[C@@H](COC(=O)CCc1c[nH]c2ccccc12)OC(=O)CCc1c[nH]c2ccccc12. The first kappa shape index (κ1) is 39.7. The van der Waals surface area contributed by atoms with Crippen molar-refractivity contribution in [3.8, 4) is 0 Å². The fraction of sp³-hybridized carbons (Fsp3) is 0.250. The van der Waals surface area contributed by atoms with Crippen molar-refractivity contribution >= 4 is 67.5 Å². The molecular weight excluding hydrogens is 761 g/mol. The van der Waals surface area contributed by atoms with E-state index in [0.717, 1.165) is 65.9 Å². The van der Waals surface area contributed by atoms with Gasteiger partial charge in [0.15, 0.2) is 12.2 Å². The van der Waals surface area contributed by atoms with Crippen molar-refractivity contribution < 1.29 is 38.1 Å². The molecule has 0 radical (unpaired) electrons. The van der Waals surface area contributed by atoms with Gasteiger partial charge in [0.05, 0.1) is 0 Å². The predicted molar refractivity (Wildman–Crippen MR) is 228 cm³/mol. The van der Waals surface area contributed by atoms with Crippen molar-refractivity contribution in [1.82, 2.24) is 19.9 Å². The largest absolute Gasteiger partial charge is 0.462 e. The second kappa shape index (κ2) is 18.7. The van der Waals surface area contributed by atoms with Crippen molar-refractivity contribution in [2.24, 2.45) is 0 Å². The minimum absolute atomic E-state index is 0.00149. The molecule has 12 nitrogen and oxygen atoms in total. The number of fused-ring (bicyclic) bond motifs is 4. The summed E-state index contributed by atoms with van der Waals surface area (Å²) in [5.41, 5.74) is 7.62. The third-order valence-corrected chi connectivity index (χ3v) is 10.9. The number of aryl methyl sites for hydroxylation is 4. The van der Waals surface area contributed by atoms with Crippen LogP contribution in [0.25, 0.3) is 43.6 Å². The first-order valence-corrected chi connectivity index (χ1v) is 20.3. The molecule has 0 unspecified atom stereocenters. The summed E-state index contributed by atoms with van der Waals surface area (Å²) in [5.74, 6) is -2.24. The number of nitrogens with one attached hydrogen (secondary N) is 4. The van der Waals surface area contributed by atoms with Gasteiger partial charge in [-0.25, -0.2) is 0 Å². The number of ether oxygens (including phenoxy) is 4.